The molecule has 1 N–H and O–H groups in total. The van der Waals surface area contributed by atoms with Gasteiger partial charge in [-0.3, -0.25) is 4.79 Å². The smallest absolute Gasteiger partial charge is 0.328 e. The van der Waals surface area contributed by atoms with Crippen LogP contribution in [-0.4, -0.2) is 76.4 Å². The quantitative estimate of drug-likeness (QED) is 0.121. The first kappa shape index (κ1) is 35.1. The molecule has 8 nitrogen and oxygen atoms in total. The number of aryl methyl sites for hydroxylation is 1. The summed E-state index contributed by atoms with van der Waals surface area (Å²) in [6.45, 7) is 5.54. The van der Waals surface area contributed by atoms with Crippen LogP contribution in [0.1, 0.15) is 66.9 Å². The zero-order valence-electron chi connectivity index (χ0n) is 26.4. The van der Waals surface area contributed by atoms with Crippen LogP contribution in [0.5, 0.6) is 0 Å². The fraction of sp³-hybridized carbons (Fsp3) is 0.588. The van der Waals surface area contributed by atoms with Crippen LogP contribution in [0.4, 0.5) is 0 Å². The fourth-order valence-corrected chi connectivity index (χ4v) is 5.94. The molecule has 3 rings (SSSR count). The molecule has 0 heterocycles. The molecule has 1 saturated carbocycles. The molecule has 3 atom stereocenters. The molecule has 43 heavy (non-hydrogen) atoms. The molecule has 3 unspecified atom stereocenters. The maximum atomic E-state index is 13.5. The Morgan fingerprint density at radius 3 is 2.47 bits per heavy atom. The van der Waals surface area contributed by atoms with E-state index < -0.39 is 12.0 Å². The number of methoxy groups -OCH3 is 2. The third-order valence-corrected chi connectivity index (χ3v) is 8.57. The van der Waals surface area contributed by atoms with Crippen molar-refractivity contribution in [1.29, 1.82) is 0 Å². The van der Waals surface area contributed by atoms with E-state index in [0.29, 0.717) is 37.7 Å². The molecule has 0 radical (unpaired) electrons. The van der Waals surface area contributed by atoms with E-state index in [1.165, 1.54) is 39.2 Å². The minimum absolute atomic E-state index is 0.0607. The van der Waals surface area contributed by atoms with Crippen LogP contribution in [-0.2, 0) is 35.1 Å². The second-order valence-electron chi connectivity index (χ2n) is 11.2. The molecule has 1 aliphatic carbocycles. The summed E-state index contributed by atoms with van der Waals surface area (Å²) in [6, 6.07) is 12.9. The van der Waals surface area contributed by atoms with Gasteiger partial charge in [-0.2, -0.15) is 11.8 Å². The average molecular weight is 616 g/mol. The van der Waals surface area contributed by atoms with Crippen molar-refractivity contribution in [2.24, 2.45) is 5.92 Å². The van der Waals surface area contributed by atoms with Crippen LogP contribution >= 0.6 is 11.8 Å². The highest BCUT2D eigenvalue weighted by molar-refractivity contribution is 7.98. The van der Waals surface area contributed by atoms with Gasteiger partial charge in [-0.1, -0.05) is 49.6 Å². The van der Waals surface area contributed by atoms with Gasteiger partial charge >= 0.3 is 5.97 Å². The summed E-state index contributed by atoms with van der Waals surface area (Å²) in [6.07, 6.45) is 8.54. The lowest BCUT2D eigenvalue weighted by Crippen LogP contribution is -2.42. The van der Waals surface area contributed by atoms with Crippen LogP contribution < -0.4 is 5.32 Å². The minimum atomic E-state index is -0.713. The van der Waals surface area contributed by atoms with Gasteiger partial charge in [0.2, 0.25) is 0 Å². The number of carbonyl (C=O) groups excluding carboxylic acids is 2. The van der Waals surface area contributed by atoms with E-state index in [9.17, 15) is 9.59 Å². The molecule has 0 spiro atoms. The van der Waals surface area contributed by atoms with Crippen molar-refractivity contribution in [3.8, 4) is 11.1 Å². The summed E-state index contributed by atoms with van der Waals surface area (Å²) in [7, 11) is 3.05. The van der Waals surface area contributed by atoms with Crippen LogP contribution in [0.25, 0.3) is 11.1 Å². The summed E-state index contributed by atoms with van der Waals surface area (Å²) in [5, 5.41) is 2.89. The normalized spacial score (nSPS) is 15.9. The van der Waals surface area contributed by atoms with Gasteiger partial charge in [-0.05, 0) is 85.4 Å². The predicted octanol–water partition coefficient (Wildman–Crippen LogP) is 6.18. The molecular weight excluding hydrogens is 566 g/mol. The van der Waals surface area contributed by atoms with E-state index in [2.05, 4.69) is 5.32 Å². The molecular formula is C34H49NO7S. The number of amides is 1. The molecule has 1 aliphatic rings. The first-order valence-electron chi connectivity index (χ1n) is 15.2. The van der Waals surface area contributed by atoms with Crippen molar-refractivity contribution in [2.75, 3.05) is 46.2 Å². The Kier molecular flexibility index (Phi) is 15.5. The van der Waals surface area contributed by atoms with Crippen molar-refractivity contribution in [3.63, 3.8) is 0 Å². The Morgan fingerprint density at radius 2 is 1.77 bits per heavy atom. The standard InChI is InChI=1S/C34H49NO7S/c1-24-11-9-10-14-28(24)30-19-26(15-16-29(30)33(36)35-31(17-18-43-5)34(37)39-4)21-41-25(2)20-40-23-42-32(22-38-3)27-12-7-6-8-13-27/h9-11,14-16,19,25,27,31-32H,6-8,12-13,17-18,20-23H2,1-5H3,(H,35,36). The summed E-state index contributed by atoms with van der Waals surface area (Å²) < 4.78 is 28.3. The number of esters is 1. The third-order valence-electron chi connectivity index (χ3n) is 7.92. The number of nitrogens with one attached hydrogen (secondary N) is 1. The largest absolute Gasteiger partial charge is 0.467 e. The Hall–Kier alpha value is -2.43. The van der Waals surface area contributed by atoms with E-state index in [1.54, 1.807) is 24.9 Å². The zero-order chi connectivity index (χ0) is 31.0. The topological polar surface area (TPSA) is 92.3 Å². The van der Waals surface area contributed by atoms with Crippen LogP contribution in [0.2, 0.25) is 0 Å². The number of benzene rings is 2. The zero-order valence-corrected chi connectivity index (χ0v) is 27.2. The molecule has 0 bridgehead atoms. The Balaban J connectivity index is 1.62. The molecule has 238 valence electrons. The molecule has 0 saturated heterocycles. The lowest BCUT2D eigenvalue weighted by atomic mass is 9.85. The Labute approximate surface area is 261 Å². The number of thioether (sulfide) groups is 1. The molecule has 9 heteroatoms. The first-order chi connectivity index (χ1) is 20.9. The highest BCUT2D eigenvalue weighted by Gasteiger charge is 2.25. The van der Waals surface area contributed by atoms with Crippen LogP contribution in [0, 0.1) is 12.8 Å². The Bertz CT molecular complexity index is 1140. The lowest BCUT2D eigenvalue weighted by Gasteiger charge is -2.29. The van der Waals surface area contributed by atoms with Gasteiger partial charge in [-0.25, -0.2) is 4.79 Å². The van der Waals surface area contributed by atoms with E-state index >= 15 is 0 Å². The Morgan fingerprint density at radius 1 is 1.00 bits per heavy atom. The van der Waals surface area contributed by atoms with Gasteiger partial charge in [0, 0.05) is 12.7 Å². The molecule has 1 fully saturated rings. The van der Waals surface area contributed by atoms with Gasteiger partial charge in [0.25, 0.3) is 5.91 Å². The molecule has 0 aliphatic heterocycles. The number of rotatable bonds is 18. The SMILES string of the molecule is COCC(OCOCC(C)OCc1ccc(C(=O)NC(CCSC)C(=O)OC)c(-c2ccccc2C)c1)C1CCCCC1. The van der Waals surface area contributed by atoms with Gasteiger partial charge in [0.1, 0.15) is 12.8 Å². The summed E-state index contributed by atoms with van der Waals surface area (Å²) >= 11 is 1.61. The van der Waals surface area contributed by atoms with Crippen LogP contribution in [0.15, 0.2) is 42.5 Å². The monoisotopic (exact) mass is 615 g/mol. The highest BCUT2D eigenvalue weighted by atomic mass is 32.2. The predicted molar refractivity (Wildman–Crippen MR) is 171 cm³/mol. The van der Waals surface area contributed by atoms with Crippen molar-refractivity contribution in [1.82, 2.24) is 5.32 Å². The van der Waals surface area contributed by atoms with Crippen molar-refractivity contribution < 1.29 is 33.3 Å². The minimum Gasteiger partial charge on any atom is -0.467 e. The summed E-state index contributed by atoms with van der Waals surface area (Å²) in [5.74, 6) is 0.488. The molecule has 2 aromatic carbocycles. The molecule has 1 amide bonds. The van der Waals surface area contributed by atoms with E-state index in [-0.39, 0.29) is 24.9 Å². The third kappa shape index (κ3) is 11.2. The van der Waals surface area contributed by atoms with Crippen LogP contribution in [0.3, 0.4) is 0 Å². The van der Waals surface area contributed by atoms with Crippen molar-refractivity contribution >= 4 is 23.6 Å². The number of hydrogen-bond acceptors (Lipinski definition) is 8. The van der Waals surface area contributed by atoms with Crippen molar-refractivity contribution in [3.05, 3.63) is 59.2 Å². The molecule has 0 aromatic heterocycles. The number of carbonyl (C=O) groups is 2. The maximum Gasteiger partial charge on any atom is 0.328 e. The van der Waals surface area contributed by atoms with E-state index in [4.69, 9.17) is 23.7 Å². The van der Waals surface area contributed by atoms with E-state index in [0.717, 1.165) is 28.0 Å². The second kappa shape index (κ2) is 19.1. The van der Waals surface area contributed by atoms with Gasteiger partial charge in [0.15, 0.2) is 0 Å². The number of ether oxygens (including phenoxy) is 5. The van der Waals surface area contributed by atoms with Crippen molar-refractivity contribution in [2.45, 2.75) is 77.2 Å². The first-order valence-corrected chi connectivity index (χ1v) is 16.6. The fourth-order valence-electron chi connectivity index (χ4n) is 5.47. The van der Waals surface area contributed by atoms with E-state index in [1.807, 2.05) is 56.5 Å². The van der Waals surface area contributed by atoms with Gasteiger partial charge in [-0.15, -0.1) is 0 Å². The summed E-state index contributed by atoms with van der Waals surface area (Å²) in [4.78, 5) is 25.8. The van der Waals surface area contributed by atoms with Gasteiger partial charge < -0.3 is 29.0 Å². The summed E-state index contributed by atoms with van der Waals surface area (Å²) in [5.41, 5.74) is 4.21. The maximum absolute atomic E-state index is 13.5. The lowest BCUT2D eigenvalue weighted by molar-refractivity contribution is -0.143. The van der Waals surface area contributed by atoms with Gasteiger partial charge in [0.05, 0.1) is 39.1 Å². The average Bonchev–Trinajstić information content (AvgIpc) is 3.03. The second-order valence-corrected chi connectivity index (χ2v) is 12.2. The molecule has 2 aromatic rings. The number of hydrogen-bond donors (Lipinski definition) is 1. The highest BCUT2D eigenvalue weighted by Crippen LogP contribution is 2.30.